The molecule has 1 aromatic heterocycles. The van der Waals surface area contributed by atoms with Crippen molar-refractivity contribution >= 4 is 17.5 Å². The first-order valence-electron chi connectivity index (χ1n) is 11.0. The number of rotatable bonds is 9. The van der Waals surface area contributed by atoms with E-state index in [0.29, 0.717) is 23.4 Å². The van der Waals surface area contributed by atoms with Crippen molar-refractivity contribution in [1.82, 2.24) is 20.2 Å². The zero-order valence-corrected chi connectivity index (χ0v) is 18.0. The molecule has 0 aliphatic heterocycles. The van der Waals surface area contributed by atoms with Crippen LogP contribution in [0.15, 0.2) is 36.5 Å². The Labute approximate surface area is 178 Å². The van der Waals surface area contributed by atoms with Crippen molar-refractivity contribution in [2.45, 2.75) is 64.5 Å². The summed E-state index contributed by atoms with van der Waals surface area (Å²) in [5.74, 6) is 0.314. The molecule has 3 rings (SSSR count). The van der Waals surface area contributed by atoms with E-state index >= 15 is 0 Å². The molecule has 1 amide bonds. The number of anilines is 2. The highest BCUT2D eigenvalue weighted by Gasteiger charge is 2.31. The third-order valence-electron chi connectivity index (χ3n) is 5.53. The monoisotopic (exact) mass is 411 g/mol. The molecule has 162 valence electrons. The van der Waals surface area contributed by atoms with E-state index in [2.05, 4.69) is 39.3 Å². The molecule has 0 bridgehead atoms. The molecule has 2 aromatic rings. The van der Waals surface area contributed by atoms with Crippen molar-refractivity contribution in [3.63, 3.8) is 0 Å². The van der Waals surface area contributed by atoms with Crippen LogP contribution in [0.25, 0.3) is 0 Å². The molecule has 1 aromatic carbocycles. The Balaban J connectivity index is 1.69. The normalized spacial score (nSPS) is 18.9. The first kappa shape index (κ1) is 22.0. The number of carbonyl (C=O) groups excluding carboxylic acids is 1. The van der Waals surface area contributed by atoms with Gasteiger partial charge in [0, 0.05) is 30.0 Å². The molecule has 0 saturated heterocycles. The highest BCUT2D eigenvalue weighted by atomic mass is 16.3. The topological polar surface area (TPSA) is 90.4 Å². The Bertz CT molecular complexity index is 823. The third-order valence-corrected chi connectivity index (χ3v) is 5.53. The van der Waals surface area contributed by atoms with E-state index in [1.54, 1.807) is 36.5 Å². The summed E-state index contributed by atoms with van der Waals surface area (Å²) < 4.78 is 0. The highest BCUT2D eigenvalue weighted by molar-refractivity contribution is 5.92. The van der Waals surface area contributed by atoms with E-state index in [1.807, 2.05) is 0 Å². The number of amides is 1. The Hall–Kier alpha value is -2.67. The van der Waals surface area contributed by atoms with Crippen molar-refractivity contribution in [3.05, 3.63) is 42.2 Å². The Morgan fingerprint density at radius 1 is 1.17 bits per heavy atom. The molecule has 1 aliphatic carbocycles. The van der Waals surface area contributed by atoms with Crippen LogP contribution in [-0.2, 0) is 0 Å². The smallest absolute Gasteiger partial charge is 0.270 e. The summed E-state index contributed by atoms with van der Waals surface area (Å²) in [6, 6.07) is 8.87. The maximum Gasteiger partial charge on any atom is 0.270 e. The number of benzene rings is 1. The molecule has 7 nitrogen and oxygen atoms in total. The van der Waals surface area contributed by atoms with E-state index in [-0.39, 0.29) is 17.7 Å². The van der Waals surface area contributed by atoms with Gasteiger partial charge in [-0.25, -0.2) is 9.97 Å². The first-order chi connectivity index (χ1) is 14.6. The lowest BCUT2D eigenvalue weighted by Gasteiger charge is -2.40. The number of nitrogens with zero attached hydrogens (tertiary/aromatic N) is 3. The van der Waals surface area contributed by atoms with Gasteiger partial charge in [0.15, 0.2) is 0 Å². The average molecular weight is 412 g/mol. The zero-order valence-electron chi connectivity index (χ0n) is 18.0. The van der Waals surface area contributed by atoms with E-state index in [1.165, 1.54) is 6.42 Å². The van der Waals surface area contributed by atoms with Crippen LogP contribution in [0.4, 0.5) is 11.6 Å². The van der Waals surface area contributed by atoms with Crippen LogP contribution in [0.3, 0.4) is 0 Å². The van der Waals surface area contributed by atoms with Gasteiger partial charge in [0.25, 0.3) is 5.91 Å². The summed E-state index contributed by atoms with van der Waals surface area (Å²) >= 11 is 0. The van der Waals surface area contributed by atoms with Gasteiger partial charge in [0.1, 0.15) is 11.4 Å². The predicted molar refractivity (Wildman–Crippen MR) is 119 cm³/mol. The van der Waals surface area contributed by atoms with Crippen molar-refractivity contribution < 1.29 is 9.90 Å². The molecular weight excluding hydrogens is 378 g/mol. The molecule has 1 aliphatic rings. The van der Waals surface area contributed by atoms with Crippen LogP contribution in [-0.4, -0.2) is 51.1 Å². The fraction of sp³-hybridized carbons (Fsp3) is 0.522. The second kappa shape index (κ2) is 10.9. The molecule has 1 saturated carbocycles. The number of aromatic hydroxyl groups is 1. The minimum Gasteiger partial charge on any atom is -0.508 e. The summed E-state index contributed by atoms with van der Waals surface area (Å²) in [6.45, 7) is 6.55. The Kier molecular flexibility index (Phi) is 8.02. The van der Waals surface area contributed by atoms with Crippen LogP contribution in [0.5, 0.6) is 5.75 Å². The van der Waals surface area contributed by atoms with Crippen molar-refractivity contribution in [2.24, 2.45) is 0 Å². The summed E-state index contributed by atoms with van der Waals surface area (Å²) in [5, 5.41) is 15.9. The molecule has 30 heavy (non-hydrogen) atoms. The maximum absolute atomic E-state index is 13.0. The summed E-state index contributed by atoms with van der Waals surface area (Å²) in [6.07, 6.45) is 8.29. The highest BCUT2D eigenvalue weighted by Crippen LogP contribution is 2.24. The molecule has 2 unspecified atom stereocenters. The van der Waals surface area contributed by atoms with Gasteiger partial charge in [-0.05, 0) is 57.0 Å². The third kappa shape index (κ3) is 5.92. The van der Waals surface area contributed by atoms with Crippen LogP contribution >= 0.6 is 0 Å². The van der Waals surface area contributed by atoms with Gasteiger partial charge in [-0.1, -0.05) is 32.8 Å². The Morgan fingerprint density at radius 3 is 2.67 bits per heavy atom. The Morgan fingerprint density at radius 2 is 1.93 bits per heavy atom. The number of carbonyl (C=O) groups is 1. The van der Waals surface area contributed by atoms with E-state index in [0.717, 1.165) is 45.2 Å². The lowest BCUT2D eigenvalue weighted by molar-refractivity contribution is 0.0824. The lowest BCUT2D eigenvalue weighted by atomic mass is 9.88. The van der Waals surface area contributed by atoms with Crippen molar-refractivity contribution in [1.29, 1.82) is 0 Å². The van der Waals surface area contributed by atoms with E-state index in [9.17, 15) is 9.90 Å². The summed E-state index contributed by atoms with van der Waals surface area (Å²) in [4.78, 5) is 24.1. The van der Waals surface area contributed by atoms with Gasteiger partial charge in [0.2, 0.25) is 5.95 Å². The fourth-order valence-corrected chi connectivity index (χ4v) is 4.24. The molecule has 0 spiro atoms. The molecule has 1 heterocycles. The predicted octanol–water partition coefficient (Wildman–Crippen LogP) is 4.09. The van der Waals surface area contributed by atoms with Crippen LogP contribution < -0.4 is 10.6 Å². The van der Waals surface area contributed by atoms with Gasteiger partial charge < -0.3 is 15.7 Å². The van der Waals surface area contributed by atoms with Crippen molar-refractivity contribution in [3.8, 4) is 5.75 Å². The second-order valence-corrected chi connectivity index (χ2v) is 7.91. The molecule has 1 fully saturated rings. The van der Waals surface area contributed by atoms with E-state index < -0.39 is 0 Å². The molecule has 7 heteroatoms. The SMILES string of the molecule is CCCN(CCC)C1CCCCC1NC(=O)c1ccnc(Nc2cccc(O)c2)n1. The maximum atomic E-state index is 13.0. The number of nitrogens with one attached hydrogen (secondary N) is 2. The van der Waals surface area contributed by atoms with Gasteiger partial charge in [0.05, 0.1) is 0 Å². The quantitative estimate of drug-likeness (QED) is 0.576. The number of phenolic OH excluding ortho intramolecular Hbond substituents is 1. The van der Waals surface area contributed by atoms with Gasteiger partial charge in [-0.15, -0.1) is 0 Å². The van der Waals surface area contributed by atoms with Crippen molar-refractivity contribution in [2.75, 3.05) is 18.4 Å². The minimum absolute atomic E-state index is 0.141. The van der Waals surface area contributed by atoms with E-state index in [4.69, 9.17) is 0 Å². The van der Waals surface area contributed by atoms with Crippen LogP contribution in [0.2, 0.25) is 0 Å². The van der Waals surface area contributed by atoms with Gasteiger partial charge in [-0.3, -0.25) is 9.69 Å². The largest absolute Gasteiger partial charge is 0.508 e. The molecule has 0 radical (unpaired) electrons. The first-order valence-corrected chi connectivity index (χ1v) is 11.0. The number of phenols is 1. The number of aromatic nitrogens is 2. The van der Waals surface area contributed by atoms with Crippen LogP contribution in [0.1, 0.15) is 62.9 Å². The minimum atomic E-state index is -0.166. The summed E-state index contributed by atoms with van der Waals surface area (Å²) in [7, 11) is 0. The number of hydrogen-bond donors (Lipinski definition) is 3. The van der Waals surface area contributed by atoms with Gasteiger partial charge >= 0.3 is 0 Å². The second-order valence-electron chi connectivity index (χ2n) is 7.91. The lowest BCUT2D eigenvalue weighted by Crippen LogP contribution is -2.53. The average Bonchev–Trinajstić information content (AvgIpc) is 2.74. The molecule has 3 N–H and O–H groups in total. The van der Waals surface area contributed by atoms with Gasteiger partial charge in [-0.2, -0.15) is 0 Å². The van der Waals surface area contributed by atoms with Crippen LogP contribution in [0, 0.1) is 0 Å². The zero-order chi connectivity index (χ0) is 21.3. The number of hydrogen-bond acceptors (Lipinski definition) is 6. The summed E-state index contributed by atoms with van der Waals surface area (Å²) in [5.41, 5.74) is 1.00. The standard InChI is InChI=1S/C23H33N5O2/c1-3-14-28(15-4-2)21-11-6-5-10-19(21)26-22(30)20-12-13-24-23(27-20)25-17-8-7-9-18(29)16-17/h7-9,12-13,16,19,21,29H,3-6,10-11,14-15H2,1-2H3,(H,26,30)(H,24,25,27). The fourth-order valence-electron chi connectivity index (χ4n) is 4.24. The molecular formula is C23H33N5O2. The molecule has 2 atom stereocenters.